The van der Waals surface area contributed by atoms with E-state index in [1.54, 1.807) is 12.5 Å². The van der Waals surface area contributed by atoms with Gasteiger partial charge in [-0.2, -0.15) is 0 Å². The third-order valence-corrected chi connectivity index (χ3v) is 4.27. The van der Waals surface area contributed by atoms with Crippen LogP contribution in [0, 0.1) is 19.8 Å². The molecule has 0 spiro atoms. The minimum Gasteiger partial charge on any atom is -0.354 e. The normalized spacial score (nSPS) is 17.8. The molecule has 1 aliphatic heterocycles. The predicted molar refractivity (Wildman–Crippen MR) is 91.7 cm³/mol. The molecule has 1 fully saturated rings. The number of aryl methyl sites for hydroxylation is 2. The third-order valence-electron chi connectivity index (χ3n) is 4.27. The summed E-state index contributed by atoms with van der Waals surface area (Å²) in [4.78, 5) is 27.6. The summed E-state index contributed by atoms with van der Waals surface area (Å²) < 4.78 is 1.96. The molecule has 0 aromatic carbocycles. The van der Waals surface area contributed by atoms with Crippen LogP contribution in [-0.2, 0) is 11.3 Å². The molecule has 24 heavy (non-hydrogen) atoms. The van der Waals surface area contributed by atoms with Gasteiger partial charge in [0.1, 0.15) is 0 Å². The number of amides is 1. The Labute approximate surface area is 142 Å². The fraction of sp³-hybridized carbons (Fsp3) is 0.529. The topological polar surface area (TPSA) is 75.9 Å². The largest absolute Gasteiger partial charge is 0.354 e. The Balaban J connectivity index is 1.55. The molecule has 3 rings (SSSR count). The van der Waals surface area contributed by atoms with Gasteiger partial charge in [-0.05, 0) is 32.8 Å². The van der Waals surface area contributed by atoms with E-state index < -0.39 is 0 Å². The number of aromatic nitrogens is 4. The van der Waals surface area contributed by atoms with Gasteiger partial charge in [-0.3, -0.25) is 4.79 Å². The SMILES string of the molecule is Cc1cc(C)nc(N2CCCC(C(=O)NCCn3ccnc3)C2)n1. The fourth-order valence-corrected chi connectivity index (χ4v) is 3.09. The van der Waals surface area contributed by atoms with E-state index >= 15 is 0 Å². The molecule has 3 heterocycles. The van der Waals surface area contributed by atoms with Crippen molar-refractivity contribution < 1.29 is 4.79 Å². The number of hydrogen-bond donors (Lipinski definition) is 1. The first-order valence-corrected chi connectivity index (χ1v) is 8.42. The van der Waals surface area contributed by atoms with Crippen molar-refractivity contribution in [1.82, 2.24) is 24.8 Å². The van der Waals surface area contributed by atoms with Gasteiger partial charge in [-0.25, -0.2) is 15.0 Å². The molecule has 1 saturated heterocycles. The molecule has 1 N–H and O–H groups in total. The number of nitrogens with zero attached hydrogens (tertiary/aromatic N) is 5. The van der Waals surface area contributed by atoms with Crippen molar-refractivity contribution in [3.05, 3.63) is 36.2 Å². The van der Waals surface area contributed by atoms with Gasteiger partial charge in [0.2, 0.25) is 11.9 Å². The molecule has 0 saturated carbocycles. The number of imidazole rings is 1. The molecule has 0 bridgehead atoms. The Hall–Kier alpha value is -2.44. The first kappa shape index (κ1) is 16.4. The number of carbonyl (C=O) groups is 1. The third kappa shape index (κ3) is 4.10. The first-order valence-electron chi connectivity index (χ1n) is 8.42. The molecule has 1 amide bonds. The summed E-state index contributed by atoms with van der Waals surface area (Å²) in [6, 6.07) is 1.97. The lowest BCUT2D eigenvalue weighted by molar-refractivity contribution is -0.125. The molecule has 1 atom stereocenters. The number of nitrogens with one attached hydrogen (secondary N) is 1. The average Bonchev–Trinajstić information content (AvgIpc) is 3.07. The Morgan fingerprint density at radius 2 is 2.12 bits per heavy atom. The smallest absolute Gasteiger partial charge is 0.225 e. The van der Waals surface area contributed by atoms with E-state index in [2.05, 4.69) is 25.2 Å². The molecular weight excluding hydrogens is 304 g/mol. The minimum atomic E-state index is -0.00837. The highest BCUT2D eigenvalue weighted by molar-refractivity contribution is 5.79. The van der Waals surface area contributed by atoms with Gasteiger partial charge in [0.15, 0.2) is 0 Å². The summed E-state index contributed by atoms with van der Waals surface area (Å²) in [6.07, 6.45) is 7.29. The van der Waals surface area contributed by atoms with Crippen molar-refractivity contribution in [2.24, 2.45) is 5.92 Å². The molecule has 1 aliphatic rings. The summed E-state index contributed by atoms with van der Waals surface area (Å²) in [5, 5.41) is 3.03. The van der Waals surface area contributed by atoms with Crippen molar-refractivity contribution >= 4 is 11.9 Å². The van der Waals surface area contributed by atoms with Crippen LogP contribution < -0.4 is 10.2 Å². The number of rotatable bonds is 5. The summed E-state index contributed by atoms with van der Waals surface area (Å²) >= 11 is 0. The van der Waals surface area contributed by atoms with Crippen LogP contribution in [0.15, 0.2) is 24.8 Å². The van der Waals surface area contributed by atoms with Gasteiger partial charge in [-0.15, -0.1) is 0 Å². The Kier molecular flexibility index (Phi) is 5.08. The maximum Gasteiger partial charge on any atom is 0.225 e. The van der Waals surface area contributed by atoms with Gasteiger partial charge in [0, 0.05) is 50.0 Å². The minimum absolute atomic E-state index is 0.00837. The van der Waals surface area contributed by atoms with Crippen LogP contribution in [-0.4, -0.2) is 45.1 Å². The monoisotopic (exact) mass is 328 g/mol. The Bertz CT molecular complexity index is 664. The Morgan fingerprint density at radius 3 is 2.83 bits per heavy atom. The van der Waals surface area contributed by atoms with Crippen LogP contribution >= 0.6 is 0 Å². The van der Waals surface area contributed by atoms with Crippen molar-refractivity contribution in [2.75, 3.05) is 24.5 Å². The van der Waals surface area contributed by atoms with E-state index in [9.17, 15) is 4.79 Å². The summed E-state index contributed by atoms with van der Waals surface area (Å²) in [5.74, 6) is 0.846. The number of piperidine rings is 1. The van der Waals surface area contributed by atoms with E-state index in [0.717, 1.165) is 43.3 Å². The second-order valence-corrected chi connectivity index (χ2v) is 6.33. The average molecular weight is 328 g/mol. The summed E-state index contributed by atoms with van der Waals surface area (Å²) in [7, 11) is 0. The standard InChI is InChI=1S/C17H24N6O/c1-13-10-14(2)21-17(20-13)23-7-3-4-15(11-23)16(24)19-6-9-22-8-5-18-12-22/h5,8,10,12,15H,3-4,6-7,9,11H2,1-2H3,(H,19,24). The van der Waals surface area contributed by atoms with E-state index in [1.165, 1.54) is 0 Å². The van der Waals surface area contributed by atoms with Crippen LogP contribution in [0.4, 0.5) is 5.95 Å². The maximum atomic E-state index is 12.4. The summed E-state index contributed by atoms with van der Waals surface area (Å²) in [5.41, 5.74) is 1.92. The van der Waals surface area contributed by atoms with Crippen molar-refractivity contribution in [3.8, 4) is 0 Å². The number of anilines is 1. The molecule has 1 unspecified atom stereocenters. The number of hydrogen-bond acceptors (Lipinski definition) is 5. The van der Waals surface area contributed by atoms with Gasteiger partial charge in [0.05, 0.1) is 12.2 Å². The highest BCUT2D eigenvalue weighted by Crippen LogP contribution is 2.21. The van der Waals surface area contributed by atoms with Gasteiger partial charge >= 0.3 is 0 Å². The lowest BCUT2D eigenvalue weighted by Gasteiger charge is -2.32. The molecule has 0 radical (unpaired) electrons. The van der Waals surface area contributed by atoms with E-state index in [0.29, 0.717) is 13.1 Å². The quantitative estimate of drug-likeness (QED) is 0.896. The maximum absolute atomic E-state index is 12.4. The zero-order valence-electron chi connectivity index (χ0n) is 14.3. The van der Waals surface area contributed by atoms with E-state index in [-0.39, 0.29) is 11.8 Å². The molecule has 2 aromatic heterocycles. The van der Waals surface area contributed by atoms with Crippen LogP contribution in [0.1, 0.15) is 24.2 Å². The van der Waals surface area contributed by atoms with Crippen molar-refractivity contribution in [1.29, 1.82) is 0 Å². The molecule has 7 nitrogen and oxygen atoms in total. The molecular formula is C17H24N6O. The van der Waals surface area contributed by atoms with E-state index in [4.69, 9.17) is 0 Å². The lowest BCUT2D eigenvalue weighted by atomic mass is 9.97. The van der Waals surface area contributed by atoms with Gasteiger partial charge < -0.3 is 14.8 Å². The molecule has 0 aliphatic carbocycles. The molecule has 2 aromatic rings. The summed E-state index contributed by atoms with van der Waals surface area (Å²) in [6.45, 7) is 6.89. The van der Waals surface area contributed by atoms with Gasteiger partial charge in [-0.1, -0.05) is 0 Å². The number of carbonyl (C=O) groups excluding carboxylic acids is 1. The molecule has 7 heteroatoms. The van der Waals surface area contributed by atoms with Crippen LogP contribution in [0.25, 0.3) is 0 Å². The van der Waals surface area contributed by atoms with Crippen molar-refractivity contribution in [2.45, 2.75) is 33.2 Å². The van der Waals surface area contributed by atoms with Crippen molar-refractivity contribution in [3.63, 3.8) is 0 Å². The molecule has 128 valence electrons. The first-order chi connectivity index (χ1) is 11.6. The fourth-order valence-electron chi connectivity index (χ4n) is 3.09. The zero-order valence-corrected chi connectivity index (χ0v) is 14.3. The predicted octanol–water partition coefficient (Wildman–Crippen LogP) is 1.32. The highest BCUT2D eigenvalue weighted by Gasteiger charge is 2.27. The Morgan fingerprint density at radius 1 is 1.33 bits per heavy atom. The van der Waals surface area contributed by atoms with Crippen LogP contribution in [0.2, 0.25) is 0 Å². The van der Waals surface area contributed by atoms with E-state index in [1.807, 2.05) is 30.7 Å². The van der Waals surface area contributed by atoms with Crippen LogP contribution in [0.3, 0.4) is 0 Å². The lowest BCUT2D eigenvalue weighted by Crippen LogP contribution is -2.44. The zero-order chi connectivity index (χ0) is 16.9. The second-order valence-electron chi connectivity index (χ2n) is 6.33. The van der Waals surface area contributed by atoms with Gasteiger partial charge in [0.25, 0.3) is 0 Å². The highest BCUT2D eigenvalue weighted by atomic mass is 16.1. The van der Waals surface area contributed by atoms with Crippen LogP contribution in [0.5, 0.6) is 0 Å². The second kappa shape index (κ2) is 7.42.